The number of hydrogen-bond donors (Lipinski definition) is 1. The number of nitrogens with one attached hydrogen (secondary N) is 1. The van der Waals surface area contributed by atoms with Gasteiger partial charge in [0.2, 0.25) is 5.91 Å². The SMILES string of the molecule is CN(C)c1cc(Cl)nc(SCC(=O)NCCN2CCOCC2)n1. The van der Waals surface area contributed by atoms with E-state index in [1.807, 2.05) is 19.0 Å². The van der Waals surface area contributed by atoms with Gasteiger partial charge in [0, 0.05) is 46.3 Å². The van der Waals surface area contributed by atoms with Crippen molar-refractivity contribution in [2.24, 2.45) is 0 Å². The Morgan fingerprint density at radius 1 is 1.43 bits per heavy atom. The number of carbonyl (C=O) groups is 1. The molecule has 128 valence electrons. The molecule has 1 aliphatic rings. The Balaban J connectivity index is 1.71. The molecule has 2 heterocycles. The number of hydrogen-bond acceptors (Lipinski definition) is 7. The molecule has 2 rings (SSSR count). The average Bonchev–Trinajstić information content (AvgIpc) is 2.53. The molecule has 0 atom stereocenters. The van der Waals surface area contributed by atoms with E-state index in [1.165, 1.54) is 11.8 Å². The van der Waals surface area contributed by atoms with E-state index >= 15 is 0 Å². The van der Waals surface area contributed by atoms with Gasteiger partial charge in [-0.15, -0.1) is 0 Å². The van der Waals surface area contributed by atoms with Crippen molar-refractivity contribution >= 4 is 35.1 Å². The Morgan fingerprint density at radius 2 is 2.17 bits per heavy atom. The molecule has 0 radical (unpaired) electrons. The van der Waals surface area contributed by atoms with Gasteiger partial charge in [0.05, 0.1) is 19.0 Å². The topological polar surface area (TPSA) is 70.6 Å². The first kappa shape index (κ1) is 18.3. The Morgan fingerprint density at radius 3 is 2.87 bits per heavy atom. The van der Waals surface area contributed by atoms with E-state index in [0.29, 0.717) is 16.9 Å². The standard InChI is InChI=1S/C14H22ClN5O2S/c1-19(2)12-9-11(15)17-14(18-12)23-10-13(21)16-3-4-20-5-7-22-8-6-20/h9H,3-8,10H2,1-2H3,(H,16,21). The van der Waals surface area contributed by atoms with Crippen LogP contribution in [0.2, 0.25) is 5.15 Å². The van der Waals surface area contributed by atoms with Crippen molar-refractivity contribution in [1.29, 1.82) is 0 Å². The van der Waals surface area contributed by atoms with Gasteiger partial charge in [0.1, 0.15) is 11.0 Å². The molecule has 23 heavy (non-hydrogen) atoms. The second-order valence-corrected chi connectivity index (χ2v) is 6.65. The molecule has 9 heteroatoms. The molecule has 0 aliphatic carbocycles. The third kappa shape index (κ3) is 6.50. The minimum Gasteiger partial charge on any atom is -0.379 e. The number of halogens is 1. The van der Waals surface area contributed by atoms with Gasteiger partial charge in [-0.25, -0.2) is 9.97 Å². The second-order valence-electron chi connectivity index (χ2n) is 5.32. The minimum atomic E-state index is -0.0294. The summed E-state index contributed by atoms with van der Waals surface area (Å²) in [6.45, 7) is 4.87. The van der Waals surface area contributed by atoms with Crippen LogP contribution in [0.3, 0.4) is 0 Å². The van der Waals surface area contributed by atoms with Gasteiger partial charge in [-0.3, -0.25) is 9.69 Å². The largest absolute Gasteiger partial charge is 0.379 e. The van der Waals surface area contributed by atoms with Crippen LogP contribution in [0, 0.1) is 0 Å². The molecule has 0 saturated carbocycles. The molecule has 1 N–H and O–H groups in total. The van der Waals surface area contributed by atoms with Gasteiger partial charge in [0.25, 0.3) is 0 Å². The predicted molar refractivity (Wildman–Crippen MR) is 92.4 cm³/mol. The maximum absolute atomic E-state index is 11.9. The van der Waals surface area contributed by atoms with Crippen molar-refractivity contribution in [2.45, 2.75) is 5.16 Å². The van der Waals surface area contributed by atoms with Gasteiger partial charge in [-0.05, 0) is 0 Å². The summed E-state index contributed by atoms with van der Waals surface area (Å²) >= 11 is 7.25. The molecule has 1 fully saturated rings. The van der Waals surface area contributed by atoms with Crippen LogP contribution in [0.5, 0.6) is 0 Å². The second kappa shape index (κ2) is 9.27. The Kier molecular flexibility index (Phi) is 7.35. The fourth-order valence-corrected chi connectivity index (χ4v) is 2.95. The quantitative estimate of drug-likeness (QED) is 0.437. The third-order valence-corrected chi connectivity index (χ3v) is 4.35. The van der Waals surface area contributed by atoms with E-state index in [-0.39, 0.29) is 11.7 Å². The van der Waals surface area contributed by atoms with Gasteiger partial charge in [0.15, 0.2) is 5.16 Å². The minimum absolute atomic E-state index is 0.0294. The monoisotopic (exact) mass is 359 g/mol. The normalized spacial score (nSPS) is 15.4. The fourth-order valence-electron chi connectivity index (χ4n) is 2.04. The van der Waals surface area contributed by atoms with E-state index < -0.39 is 0 Å². The van der Waals surface area contributed by atoms with E-state index in [1.54, 1.807) is 6.07 Å². The number of nitrogens with zero attached hydrogens (tertiary/aromatic N) is 4. The van der Waals surface area contributed by atoms with Gasteiger partial charge in [-0.1, -0.05) is 23.4 Å². The van der Waals surface area contributed by atoms with Crippen LogP contribution in [-0.2, 0) is 9.53 Å². The van der Waals surface area contributed by atoms with Gasteiger partial charge in [-0.2, -0.15) is 0 Å². The smallest absolute Gasteiger partial charge is 0.230 e. The van der Waals surface area contributed by atoms with Crippen LogP contribution in [0.1, 0.15) is 0 Å². The molecule has 1 aromatic rings. The van der Waals surface area contributed by atoms with Crippen molar-refractivity contribution in [3.05, 3.63) is 11.2 Å². The van der Waals surface area contributed by atoms with Crippen molar-refractivity contribution < 1.29 is 9.53 Å². The molecule has 1 saturated heterocycles. The number of ether oxygens (including phenoxy) is 1. The highest BCUT2D eigenvalue weighted by Crippen LogP contribution is 2.20. The van der Waals surface area contributed by atoms with Crippen molar-refractivity contribution in [1.82, 2.24) is 20.2 Å². The van der Waals surface area contributed by atoms with Gasteiger partial charge >= 0.3 is 0 Å². The van der Waals surface area contributed by atoms with E-state index in [4.69, 9.17) is 16.3 Å². The Bertz CT molecular complexity index is 526. The molecule has 1 aromatic heterocycles. The molecular formula is C14H22ClN5O2S. The molecule has 1 amide bonds. The summed E-state index contributed by atoms with van der Waals surface area (Å²) in [7, 11) is 3.76. The third-order valence-electron chi connectivity index (χ3n) is 3.31. The number of carbonyl (C=O) groups excluding carboxylic acids is 1. The summed E-state index contributed by atoms with van der Waals surface area (Å²) in [5.41, 5.74) is 0. The van der Waals surface area contributed by atoms with Crippen molar-refractivity contribution in [3.63, 3.8) is 0 Å². The van der Waals surface area contributed by atoms with Crippen molar-refractivity contribution in [3.8, 4) is 0 Å². The highest BCUT2D eigenvalue weighted by atomic mass is 35.5. The number of amides is 1. The highest BCUT2D eigenvalue weighted by molar-refractivity contribution is 7.99. The fraction of sp³-hybridized carbons (Fsp3) is 0.643. The highest BCUT2D eigenvalue weighted by Gasteiger charge is 2.11. The zero-order chi connectivity index (χ0) is 16.7. The maximum Gasteiger partial charge on any atom is 0.230 e. The van der Waals surface area contributed by atoms with E-state index in [9.17, 15) is 4.79 Å². The lowest BCUT2D eigenvalue weighted by Crippen LogP contribution is -2.41. The Hall–Kier alpha value is -1.09. The van der Waals surface area contributed by atoms with Crippen LogP contribution in [-0.4, -0.2) is 80.0 Å². The van der Waals surface area contributed by atoms with Crippen LogP contribution in [0.25, 0.3) is 0 Å². The number of anilines is 1. The zero-order valence-corrected chi connectivity index (χ0v) is 15.0. The maximum atomic E-state index is 11.9. The Labute approximate surface area is 145 Å². The van der Waals surface area contributed by atoms with Crippen LogP contribution in [0.4, 0.5) is 5.82 Å². The van der Waals surface area contributed by atoms with Crippen LogP contribution >= 0.6 is 23.4 Å². The number of morpholine rings is 1. The first-order chi connectivity index (χ1) is 11.0. The average molecular weight is 360 g/mol. The van der Waals surface area contributed by atoms with Crippen LogP contribution in [0.15, 0.2) is 11.2 Å². The van der Waals surface area contributed by atoms with Crippen molar-refractivity contribution in [2.75, 3.05) is 64.1 Å². The molecule has 1 aliphatic heterocycles. The first-order valence-corrected chi connectivity index (χ1v) is 8.82. The molecule has 0 spiro atoms. The number of aromatic nitrogens is 2. The molecule has 0 aromatic carbocycles. The zero-order valence-electron chi connectivity index (χ0n) is 13.4. The lowest BCUT2D eigenvalue weighted by Gasteiger charge is -2.26. The summed E-state index contributed by atoms with van der Waals surface area (Å²) in [4.78, 5) is 24.5. The molecule has 0 unspecified atom stereocenters. The molecule has 0 bridgehead atoms. The van der Waals surface area contributed by atoms with Crippen LogP contribution < -0.4 is 10.2 Å². The molecular weight excluding hydrogens is 338 g/mol. The van der Waals surface area contributed by atoms with E-state index in [2.05, 4.69) is 20.2 Å². The predicted octanol–water partition coefficient (Wildman–Crippen LogP) is 0.736. The summed E-state index contributed by atoms with van der Waals surface area (Å²) in [6.07, 6.45) is 0. The number of rotatable bonds is 7. The lowest BCUT2D eigenvalue weighted by atomic mass is 10.4. The van der Waals surface area contributed by atoms with E-state index in [0.717, 1.165) is 38.7 Å². The molecule has 7 nitrogen and oxygen atoms in total. The lowest BCUT2D eigenvalue weighted by molar-refractivity contribution is -0.118. The summed E-state index contributed by atoms with van der Waals surface area (Å²) in [6, 6.07) is 1.69. The summed E-state index contributed by atoms with van der Waals surface area (Å²) in [5, 5.41) is 3.79. The summed E-state index contributed by atoms with van der Waals surface area (Å²) in [5.74, 6) is 0.967. The first-order valence-electron chi connectivity index (χ1n) is 7.46. The summed E-state index contributed by atoms with van der Waals surface area (Å²) < 4.78 is 5.29. The number of thioether (sulfide) groups is 1. The van der Waals surface area contributed by atoms with Gasteiger partial charge < -0.3 is 15.0 Å².